The lowest BCUT2D eigenvalue weighted by Gasteiger charge is -2.26. The quantitative estimate of drug-likeness (QED) is 0.757. The van der Waals surface area contributed by atoms with E-state index in [0.29, 0.717) is 13.0 Å². The fraction of sp³-hybridized carbons (Fsp3) is 0.381. The Balaban J connectivity index is 1.67. The van der Waals surface area contributed by atoms with E-state index in [0.717, 1.165) is 42.2 Å². The summed E-state index contributed by atoms with van der Waals surface area (Å²) < 4.78 is 16.5. The molecule has 1 unspecified atom stereocenters. The maximum Gasteiger partial charge on any atom is 0.226 e. The summed E-state index contributed by atoms with van der Waals surface area (Å²) in [5.74, 6) is 2.45. The fourth-order valence-electron chi connectivity index (χ4n) is 3.40. The minimum Gasteiger partial charge on any atom is -0.497 e. The molecule has 1 aliphatic rings. The Labute approximate surface area is 154 Å². The number of hydrogen-bond donors (Lipinski definition) is 0. The van der Waals surface area contributed by atoms with Crippen molar-refractivity contribution >= 4 is 5.91 Å². The Hall–Kier alpha value is -2.69. The third kappa shape index (κ3) is 4.10. The normalized spacial score (nSPS) is 16.4. The van der Waals surface area contributed by atoms with Gasteiger partial charge in [0.05, 0.1) is 33.3 Å². The number of para-hydroxylation sites is 1. The van der Waals surface area contributed by atoms with E-state index in [9.17, 15) is 4.79 Å². The lowest BCUT2D eigenvalue weighted by Crippen LogP contribution is -2.31. The van der Waals surface area contributed by atoms with E-state index in [1.165, 1.54) is 0 Å². The molecule has 0 N–H and O–H groups in total. The van der Waals surface area contributed by atoms with Crippen molar-refractivity contribution in [2.24, 2.45) is 0 Å². The lowest BCUT2D eigenvalue weighted by molar-refractivity contribution is -0.132. The summed E-state index contributed by atoms with van der Waals surface area (Å²) in [5, 5.41) is 0. The standard InChI is InChI=1S/C21H25NO4/c1-24-17-10-11-20(25-2)18(15-17)19-9-6-13-22(19)21(23)12-14-26-16-7-4-3-5-8-16/h3-5,7-8,10-11,15,19H,6,9,12-14H2,1-2H3. The van der Waals surface area contributed by atoms with Gasteiger partial charge in [0, 0.05) is 12.1 Å². The zero-order valence-corrected chi connectivity index (χ0v) is 15.3. The van der Waals surface area contributed by atoms with Gasteiger partial charge in [-0.2, -0.15) is 0 Å². The molecule has 1 saturated heterocycles. The molecule has 2 aromatic carbocycles. The summed E-state index contributed by atoms with van der Waals surface area (Å²) in [6.07, 6.45) is 2.27. The summed E-state index contributed by atoms with van der Waals surface area (Å²) in [5.41, 5.74) is 1.00. The average Bonchev–Trinajstić information content (AvgIpc) is 3.18. The molecule has 5 nitrogen and oxygen atoms in total. The minimum atomic E-state index is 0.0178. The van der Waals surface area contributed by atoms with Crippen molar-refractivity contribution < 1.29 is 19.0 Å². The van der Waals surface area contributed by atoms with Crippen LogP contribution in [-0.2, 0) is 4.79 Å². The fourth-order valence-corrected chi connectivity index (χ4v) is 3.40. The average molecular weight is 355 g/mol. The molecule has 0 radical (unpaired) electrons. The molecule has 0 saturated carbocycles. The first-order valence-corrected chi connectivity index (χ1v) is 8.92. The van der Waals surface area contributed by atoms with Crippen molar-refractivity contribution in [3.8, 4) is 17.2 Å². The molecule has 5 heteroatoms. The van der Waals surface area contributed by atoms with Gasteiger partial charge in [-0.3, -0.25) is 4.79 Å². The first-order valence-electron chi connectivity index (χ1n) is 8.92. The molecular formula is C21H25NO4. The number of rotatable bonds is 7. The predicted molar refractivity (Wildman–Crippen MR) is 99.8 cm³/mol. The van der Waals surface area contributed by atoms with Crippen LogP contribution in [0.5, 0.6) is 17.2 Å². The van der Waals surface area contributed by atoms with Gasteiger partial charge >= 0.3 is 0 Å². The number of methoxy groups -OCH3 is 2. The molecule has 0 spiro atoms. The first-order chi connectivity index (χ1) is 12.7. The second-order valence-electron chi connectivity index (χ2n) is 6.26. The van der Waals surface area contributed by atoms with E-state index in [1.807, 2.05) is 53.4 Å². The highest BCUT2D eigenvalue weighted by atomic mass is 16.5. The predicted octanol–water partition coefficient (Wildman–Crippen LogP) is 3.84. The van der Waals surface area contributed by atoms with Gasteiger partial charge < -0.3 is 19.1 Å². The Morgan fingerprint density at radius 3 is 2.62 bits per heavy atom. The van der Waals surface area contributed by atoms with Crippen LogP contribution in [0.25, 0.3) is 0 Å². The van der Waals surface area contributed by atoms with Crippen LogP contribution in [0.15, 0.2) is 48.5 Å². The van der Waals surface area contributed by atoms with Crippen LogP contribution in [0.4, 0.5) is 0 Å². The molecule has 0 aliphatic carbocycles. The molecule has 2 aromatic rings. The number of carbonyl (C=O) groups excluding carboxylic acids is 1. The zero-order valence-electron chi connectivity index (χ0n) is 15.3. The van der Waals surface area contributed by atoms with Crippen LogP contribution >= 0.6 is 0 Å². The maximum atomic E-state index is 12.7. The van der Waals surface area contributed by atoms with E-state index >= 15 is 0 Å². The second kappa shape index (κ2) is 8.61. The van der Waals surface area contributed by atoms with Crippen LogP contribution in [-0.4, -0.2) is 38.2 Å². The molecule has 26 heavy (non-hydrogen) atoms. The number of benzene rings is 2. The molecule has 0 aromatic heterocycles. The second-order valence-corrected chi connectivity index (χ2v) is 6.26. The molecular weight excluding hydrogens is 330 g/mol. The number of nitrogens with zero attached hydrogens (tertiary/aromatic N) is 1. The van der Waals surface area contributed by atoms with E-state index in [2.05, 4.69) is 0 Å². The summed E-state index contributed by atoms with van der Waals surface area (Å²) >= 11 is 0. The van der Waals surface area contributed by atoms with Crippen molar-refractivity contribution in [3.05, 3.63) is 54.1 Å². The van der Waals surface area contributed by atoms with Crippen LogP contribution < -0.4 is 14.2 Å². The molecule has 138 valence electrons. The van der Waals surface area contributed by atoms with E-state index in [1.54, 1.807) is 14.2 Å². The summed E-state index contributed by atoms with van der Waals surface area (Å²) in [7, 11) is 3.30. The van der Waals surface area contributed by atoms with Crippen LogP contribution in [0.3, 0.4) is 0 Å². The molecule has 1 heterocycles. The van der Waals surface area contributed by atoms with Gasteiger partial charge in [-0.15, -0.1) is 0 Å². The summed E-state index contributed by atoms with van der Waals surface area (Å²) in [6, 6.07) is 15.3. The number of hydrogen-bond acceptors (Lipinski definition) is 4. The number of likely N-dealkylation sites (tertiary alicyclic amines) is 1. The largest absolute Gasteiger partial charge is 0.497 e. The monoisotopic (exact) mass is 355 g/mol. The van der Waals surface area contributed by atoms with Crippen molar-refractivity contribution in [1.82, 2.24) is 4.90 Å². The Morgan fingerprint density at radius 2 is 1.88 bits per heavy atom. The van der Waals surface area contributed by atoms with Crippen LogP contribution in [0, 0.1) is 0 Å². The van der Waals surface area contributed by atoms with Crippen molar-refractivity contribution in [1.29, 1.82) is 0 Å². The third-order valence-electron chi connectivity index (χ3n) is 4.70. The van der Waals surface area contributed by atoms with Gasteiger partial charge in [0.15, 0.2) is 0 Å². The van der Waals surface area contributed by atoms with Crippen LogP contribution in [0.2, 0.25) is 0 Å². The molecule has 0 bridgehead atoms. The highest BCUT2D eigenvalue weighted by molar-refractivity contribution is 5.77. The zero-order chi connectivity index (χ0) is 18.4. The van der Waals surface area contributed by atoms with Gasteiger partial charge in [-0.1, -0.05) is 18.2 Å². The highest BCUT2D eigenvalue weighted by Crippen LogP contribution is 2.39. The Bertz CT molecular complexity index is 732. The maximum absolute atomic E-state index is 12.7. The molecule has 1 fully saturated rings. The molecule has 1 amide bonds. The molecule has 3 rings (SSSR count). The number of carbonyl (C=O) groups is 1. The topological polar surface area (TPSA) is 48.0 Å². The molecule has 1 atom stereocenters. The van der Waals surface area contributed by atoms with Gasteiger partial charge in [-0.25, -0.2) is 0 Å². The Kier molecular flexibility index (Phi) is 6.00. The summed E-state index contributed by atoms with van der Waals surface area (Å²) in [4.78, 5) is 14.7. The van der Waals surface area contributed by atoms with Crippen LogP contribution in [0.1, 0.15) is 30.9 Å². The van der Waals surface area contributed by atoms with Crippen molar-refractivity contribution in [2.75, 3.05) is 27.4 Å². The summed E-state index contributed by atoms with van der Waals surface area (Å²) in [6.45, 7) is 1.14. The number of amides is 1. The van der Waals surface area contributed by atoms with Gasteiger partial charge in [0.25, 0.3) is 0 Å². The van der Waals surface area contributed by atoms with E-state index in [4.69, 9.17) is 14.2 Å². The third-order valence-corrected chi connectivity index (χ3v) is 4.70. The lowest BCUT2D eigenvalue weighted by atomic mass is 10.0. The van der Waals surface area contributed by atoms with E-state index < -0.39 is 0 Å². The van der Waals surface area contributed by atoms with Gasteiger partial charge in [0.1, 0.15) is 17.2 Å². The first kappa shape index (κ1) is 18.1. The Morgan fingerprint density at radius 1 is 1.08 bits per heavy atom. The van der Waals surface area contributed by atoms with Gasteiger partial charge in [-0.05, 0) is 43.2 Å². The molecule has 1 aliphatic heterocycles. The number of ether oxygens (including phenoxy) is 3. The highest BCUT2D eigenvalue weighted by Gasteiger charge is 2.31. The smallest absolute Gasteiger partial charge is 0.226 e. The van der Waals surface area contributed by atoms with E-state index in [-0.39, 0.29) is 11.9 Å². The SMILES string of the molecule is COc1ccc(OC)c(C2CCCN2C(=O)CCOc2ccccc2)c1. The van der Waals surface area contributed by atoms with Gasteiger partial charge in [0.2, 0.25) is 5.91 Å². The minimum absolute atomic E-state index is 0.0178. The van der Waals surface area contributed by atoms with Crippen molar-refractivity contribution in [3.63, 3.8) is 0 Å². The van der Waals surface area contributed by atoms with Crippen molar-refractivity contribution in [2.45, 2.75) is 25.3 Å².